The summed E-state index contributed by atoms with van der Waals surface area (Å²) < 4.78 is 0. The van der Waals surface area contributed by atoms with Gasteiger partial charge in [0.1, 0.15) is 0 Å². The van der Waals surface area contributed by atoms with E-state index in [0.29, 0.717) is 0 Å². The Morgan fingerprint density at radius 1 is 0.882 bits per heavy atom. The van der Waals surface area contributed by atoms with Gasteiger partial charge in [0.05, 0.1) is 0 Å². The van der Waals surface area contributed by atoms with Crippen LogP contribution in [-0.4, -0.2) is 12.8 Å². The van der Waals surface area contributed by atoms with E-state index in [9.17, 15) is 0 Å². The van der Waals surface area contributed by atoms with Crippen LogP contribution in [-0.2, 0) is 0 Å². The number of hydrogen-bond acceptors (Lipinski definition) is 1. The van der Waals surface area contributed by atoms with Crippen molar-refractivity contribution in [3.8, 4) is 0 Å². The maximum Gasteiger partial charge on any atom is -0.0000386 e. The SMILES string of the molecule is C=P(NCC)(c1ccccc1)c1ccccc1. The van der Waals surface area contributed by atoms with E-state index >= 15 is 0 Å². The number of nitrogens with one attached hydrogen (secondary N) is 1. The van der Waals surface area contributed by atoms with Crippen molar-refractivity contribution in [3.63, 3.8) is 0 Å². The van der Waals surface area contributed by atoms with Crippen molar-refractivity contribution >= 4 is 23.9 Å². The summed E-state index contributed by atoms with van der Waals surface area (Å²) in [6, 6.07) is 21.1. The first-order chi connectivity index (χ1) is 8.27. The highest BCUT2D eigenvalue weighted by Gasteiger charge is 2.17. The monoisotopic (exact) mass is 243 g/mol. The zero-order chi connectivity index (χ0) is 12.1. The van der Waals surface area contributed by atoms with Gasteiger partial charge in [-0.05, 0) is 24.2 Å². The van der Waals surface area contributed by atoms with E-state index in [1.54, 1.807) is 0 Å². The van der Waals surface area contributed by atoms with Crippen LogP contribution in [0.15, 0.2) is 60.7 Å². The molecular weight excluding hydrogens is 225 g/mol. The van der Waals surface area contributed by atoms with Gasteiger partial charge in [0.2, 0.25) is 0 Å². The first-order valence-corrected chi connectivity index (χ1v) is 7.84. The summed E-state index contributed by atoms with van der Waals surface area (Å²) in [6.07, 6.45) is 4.50. The lowest BCUT2D eigenvalue weighted by atomic mass is 10.4. The molecule has 2 aromatic carbocycles. The van der Waals surface area contributed by atoms with E-state index in [1.165, 1.54) is 10.6 Å². The molecule has 0 fully saturated rings. The van der Waals surface area contributed by atoms with Gasteiger partial charge in [-0.2, -0.15) is 0 Å². The zero-order valence-corrected chi connectivity index (χ0v) is 11.0. The minimum absolute atomic E-state index is 0.932. The molecule has 0 bridgehead atoms. The number of benzene rings is 2. The van der Waals surface area contributed by atoms with Crippen LogP contribution in [0, 0.1) is 0 Å². The Kier molecular flexibility index (Phi) is 3.83. The second-order valence-corrected chi connectivity index (χ2v) is 6.96. The first kappa shape index (κ1) is 12.2. The Morgan fingerprint density at radius 3 is 1.65 bits per heavy atom. The van der Waals surface area contributed by atoms with Crippen LogP contribution in [0.4, 0.5) is 0 Å². The van der Waals surface area contributed by atoms with Crippen LogP contribution >= 0.6 is 7.04 Å². The molecule has 0 aliphatic rings. The minimum atomic E-state index is -1.67. The number of rotatable bonds is 4. The van der Waals surface area contributed by atoms with Crippen LogP contribution in [0.1, 0.15) is 6.92 Å². The lowest BCUT2D eigenvalue weighted by Gasteiger charge is -2.26. The summed E-state index contributed by atoms with van der Waals surface area (Å²) in [5.74, 6) is 0. The quantitative estimate of drug-likeness (QED) is 0.814. The van der Waals surface area contributed by atoms with Crippen molar-refractivity contribution in [1.29, 1.82) is 0 Å². The van der Waals surface area contributed by atoms with Gasteiger partial charge in [-0.3, -0.25) is 5.09 Å². The Hall–Kier alpha value is -1.30. The molecule has 1 N–H and O–H groups in total. The fraction of sp³-hybridized carbons (Fsp3) is 0.133. The lowest BCUT2D eigenvalue weighted by Crippen LogP contribution is -2.27. The van der Waals surface area contributed by atoms with Gasteiger partial charge in [0, 0.05) is 0 Å². The van der Waals surface area contributed by atoms with Crippen LogP contribution in [0.3, 0.4) is 0 Å². The van der Waals surface area contributed by atoms with Gasteiger partial charge in [-0.1, -0.05) is 73.9 Å². The van der Waals surface area contributed by atoms with Crippen molar-refractivity contribution in [2.75, 3.05) is 6.54 Å². The van der Waals surface area contributed by atoms with E-state index in [0.717, 1.165) is 6.54 Å². The molecule has 88 valence electrons. The third-order valence-corrected chi connectivity index (χ3v) is 6.04. The molecule has 2 rings (SSSR count). The third-order valence-electron chi connectivity index (χ3n) is 2.82. The molecule has 0 radical (unpaired) electrons. The topological polar surface area (TPSA) is 12.0 Å². The summed E-state index contributed by atoms with van der Waals surface area (Å²) in [4.78, 5) is 0. The van der Waals surface area contributed by atoms with Crippen LogP contribution in [0.25, 0.3) is 0 Å². The number of hydrogen-bond donors (Lipinski definition) is 1. The van der Waals surface area contributed by atoms with Crippen molar-refractivity contribution < 1.29 is 0 Å². The Morgan fingerprint density at radius 2 is 1.29 bits per heavy atom. The fourth-order valence-electron chi connectivity index (χ4n) is 1.97. The second kappa shape index (κ2) is 5.35. The van der Waals surface area contributed by atoms with E-state index in [4.69, 9.17) is 0 Å². The molecule has 2 aromatic rings. The zero-order valence-electron chi connectivity index (χ0n) is 10.1. The molecule has 0 spiro atoms. The summed E-state index contributed by atoms with van der Waals surface area (Å²) in [7, 11) is -1.67. The van der Waals surface area contributed by atoms with Crippen molar-refractivity contribution in [2.45, 2.75) is 6.92 Å². The van der Waals surface area contributed by atoms with Gasteiger partial charge in [-0.25, -0.2) is 0 Å². The van der Waals surface area contributed by atoms with Crippen LogP contribution < -0.4 is 15.7 Å². The predicted octanol–water partition coefficient (Wildman–Crippen LogP) is 2.61. The molecule has 0 aliphatic carbocycles. The summed E-state index contributed by atoms with van der Waals surface area (Å²) in [5, 5.41) is 6.19. The molecule has 0 saturated heterocycles. The molecule has 0 aromatic heterocycles. The van der Waals surface area contributed by atoms with Gasteiger partial charge in [0.15, 0.2) is 0 Å². The molecule has 17 heavy (non-hydrogen) atoms. The lowest BCUT2D eigenvalue weighted by molar-refractivity contribution is 1.02. The Balaban J connectivity index is 2.51. The fourth-order valence-corrected chi connectivity index (χ4v) is 4.53. The maximum absolute atomic E-state index is 4.50. The average Bonchev–Trinajstić information content (AvgIpc) is 2.41. The highest BCUT2D eigenvalue weighted by atomic mass is 31.2. The smallest absolute Gasteiger partial charge is 0.0000386 e. The molecule has 0 heterocycles. The van der Waals surface area contributed by atoms with Crippen molar-refractivity contribution in [3.05, 3.63) is 60.7 Å². The Labute approximate surface area is 104 Å². The largest absolute Gasteiger partial charge is 0.291 e. The summed E-state index contributed by atoms with van der Waals surface area (Å²) in [5.41, 5.74) is 0. The molecule has 0 amide bonds. The van der Waals surface area contributed by atoms with E-state index in [2.05, 4.69) is 66.8 Å². The van der Waals surface area contributed by atoms with Crippen LogP contribution in [0.2, 0.25) is 0 Å². The van der Waals surface area contributed by atoms with E-state index < -0.39 is 7.04 Å². The van der Waals surface area contributed by atoms with E-state index in [1.807, 2.05) is 12.1 Å². The normalized spacial score (nSPS) is 11.4. The third kappa shape index (κ3) is 2.52. The molecule has 0 unspecified atom stereocenters. The van der Waals surface area contributed by atoms with Crippen LogP contribution in [0.5, 0.6) is 0 Å². The molecule has 0 saturated carbocycles. The van der Waals surface area contributed by atoms with Gasteiger partial charge in [-0.15, -0.1) is 0 Å². The molecule has 0 aliphatic heterocycles. The second-order valence-electron chi connectivity index (χ2n) is 3.99. The molecule has 2 heteroatoms. The molecule has 1 nitrogen and oxygen atoms in total. The average molecular weight is 243 g/mol. The summed E-state index contributed by atoms with van der Waals surface area (Å²) in [6.45, 7) is 3.06. The van der Waals surface area contributed by atoms with Gasteiger partial charge < -0.3 is 0 Å². The molecular formula is C15H18NP. The van der Waals surface area contributed by atoms with Gasteiger partial charge in [0.25, 0.3) is 0 Å². The minimum Gasteiger partial charge on any atom is -0.291 e. The Bertz CT molecular complexity index is 461. The highest BCUT2D eigenvalue weighted by molar-refractivity contribution is 7.85. The van der Waals surface area contributed by atoms with E-state index in [-0.39, 0.29) is 0 Å². The molecule has 0 atom stereocenters. The van der Waals surface area contributed by atoms with Crippen molar-refractivity contribution in [2.24, 2.45) is 0 Å². The first-order valence-electron chi connectivity index (χ1n) is 5.87. The standard InChI is InChI=1S/C15H18NP/c1-3-16-17(2,14-10-6-4-7-11-14)15-12-8-5-9-13-15/h4-13,16H,2-3H2,1H3. The summed E-state index contributed by atoms with van der Waals surface area (Å²) >= 11 is 0. The van der Waals surface area contributed by atoms with Gasteiger partial charge >= 0.3 is 0 Å². The highest BCUT2D eigenvalue weighted by Crippen LogP contribution is 2.37. The van der Waals surface area contributed by atoms with Crippen molar-refractivity contribution in [1.82, 2.24) is 5.09 Å². The maximum atomic E-state index is 4.50. The predicted molar refractivity (Wildman–Crippen MR) is 79.9 cm³/mol.